The second-order valence-corrected chi connectivity index (χ2v) is 4.08. The number of methoxy groups -OCH3 is 1. The first-order chi connectivity index (χ1) is 9.20. The molecule has 0 aliphatic rings. The van der Waals surface area contributed by atoms with Crippen molar-refractivity contribution in [3.63, 3.8) is 0 Å². The molecule has 19 heavy (non-hydrogen) atoms. The van der Waals surface area contributed by atoms with Gasteiger partial charge in [0.2, 0.25) is 0 Å². The van der Waals surface area contributed by atoms with Crippen molar-refractivity contribution in [2.75, 3.05) is 7.11 Å². The molecule has 2 rings (SSSR count). The molecule has 0 atom stereocenters. The van der Waals surface area contributed by atoms with E-state index in [1.807, 2.05) is 42.5 Å². The number of ketones is 1. The highest BCUT2D eigenvalue weighted by atomic mass is 16.5. The van der Waals surface area contributed by atoms with E-state index in [1.54, 1.807) is 20.1 Å². The van der Waals surface area contributed by atoms with Crippen LogP contribution in [0.1, 0.15) is 28.4 Å². The van der Waals surface area contributed by atoms with Crippen LogP contribution in [-0.2, 0) is 0 Å². The standard InChI is InChI=1S/C17H14O2/c1-13(18)17-6-4-3-5-15(17)10-7-14-8-11-16(19-2)12-9-14/h3-6,8-9,11-12H,1-2H3. The Morgan fingerprint density at radius 2 is 1.68 bits per heavy atom. The summed E-state index contributed by atoms with van der Waals surface area (Å²) in [6.45, 7) is 1.55. The van der Waals surface area contributed by atoms with Crippen LogP contribution in [0.5, 0.6) is 5.75 Å². The molecule has 94 valence electrons. The zero-order valence-electron chi connectivity index (χ0n) is 10.9. The first kappa shape index (κ1) is 12.9. The Kier molecular flexibility index (Phi) is 4.00. The lowest BCUT2D eigenvalue weighted by molar-refractivity contribution is 0.101. The van der Waals surface area contributed by atoms with Gasteiger partial charge in [-0.1, -0.05) is 30.0 Å². The van der Waals surface area contributed by atoms with Gasteiger partial charge < -0.3 is 4.74 Å². The van der Waals surface area contributed by atoms with Crippen LogP contribution in [0.25, 0.3) is 0 Å². The molecule has 0 aromatic heterocycles. The number of carbonyl (C=O) groups is 1. The quantitative estimate of drug-likeness (QED) is 0.604. The maximum absolute atomic E-state index is 11.5. The van der Waals surface area contributed by atoms with Crippen LogP contribution >= 0.6 is 0 Å². The summed E-state index contributed by atoms with van der Waals surface area (Å²) >= 11 is 0. The highest BCUT2D eigenvalue weighted by Gasteiger charge is 2.02. The summed E-state index contributed by atoms with van der Waals surface area (Å²) in [4.78, 5) is 11.5. The third-order valence-corrected chi connectivity index (χ3v) is 2.74. The normalized spacial score (nSPS) is 9.37. The monoisotopic (exact) mass is 250 g/mol. The number of Topliss-reactive ketones (excluding diaryl/α,β-unsaturated/α-hetero) is 1. The number of hydrogen-bond donors (Lipinski definition) is 0. The average Bonchev–Trinajstić information content (AvgIpc) is 2.46. The summed E-state index contributed by atoms with van der Waals surface area (Å²) in [7, 11) is 1.63. The number of ether oxygens (including phenoxy) is 1. The minimum Gasteiger partial charge on any atom is -0.497 e. The first-order valence-corrected chi connectivity index (χ1v) is 5.97. The minimum atomic E-state index is 0.0274. The zero-order valence-corrected chi connectivity index (χ0v) is 10.9. The van der Waals surface area contributed by atoms with Crippen molar-refractivity contribution in [1.29, 1.82) is 0 Å². The Bertz CT molecular complexity index is 643. The van der Waals surface area contributed by atoms with Gasteiger partial charge in [0.05, 0.1) is 7.11 Å². The molecule has 0 fully saturated rings. The van der Waals surface area contributed by atoms with Gasteiger partial charge in [-0.3, -0.25) is 4.79 Å². The van der Waals surface area contributed by atoms with Crippen molar-refractivity contribution in [3.05, 3.63) is 65.2 Å². The van der Waals surface area contributed by atoms with E-state index in [4.69, 9.17) is 4.74 Å². The van der Waals surface area contributed by atoms with Crippen LogP contribution in [0.4, 0.5) is 0 Å². The molecular formula is C17H14O2. The van der Waals surface area contributed by atoms with Crippen molar-refractivity contribution in [2.24, 2.45) is 0 Å². The predicted octanol–water partition coefficient (Wildman–Crippen LogP) is 3.30. The molecule has 0 N–H and O–H groups in total. The van der Waals surface area contributed by atoms with Crippen LogP contribution in [0.2, 0.25) is 0 Å². The zero-order chi connectivity index (χ0) is 13.7. The molecule has 0 bridgehead atoms. The van der Waals surface area contributed by atoms with E-state index in [2.05, 4.69) is 11.8 Å². The third-order valence-electron chi connectivity index (χ3n) is 2.74. The minimum absolute atomic E-state index is 0.0274. The van der Waals surface area contributed by atoms with Gasteiger partial charge in [-0.05, 0) is 37.3 Å². The molecule has 0 spiro atoms. The molecule has 0 heterocycles. The maximum Gasteiger partial charge on any atom is 0.161 e. The van der Waals surface area contributed by atoms with Gasteiger partial charge >= 0.3 is 0 Å². The predicted molar refractivity (Wildman–Crippen MR) is 75.4 cm³/mol. The second kappa shape index (κ2) is 5.88. The van der Waals surface area contributed by atoms with Crippen molar-refractivity contribution in [3.8, 4) is 17.6 Å². The molecule has 0 aliphatic heterocycles. The smallest absolute Gasteiger partial charge is 0.161 e. The highest BCUT2D eigenvalue weighted by Crippen LogP contribution is 2.11. The first-order valence-electron chi connectivity index (χ1n) is 5.97. The highest BCUT2D eigenvalue weighted by molar-refractivity contribution is 5.96. The lowest BCUT2D eigenvalue weighted by Crippen LogP contribution is -1.95. The van der Waals surface area contributed by atoms with Gasteiger partial charge in [-0.15, -0.1) is 0 Å². The number of rotatable bonds is 2. The second-order valence-electron chi connectivity index (χ2n) is 4.08. The van der Waals surface area contributed by atoms with E-state index in [1.165, 1.54) is 0 Å². The summed E-state index contributed by atoms with van der Waals surface area (Å²) in [5, 5.41) is 0. The van der Waals surface area contributed by atoms with Crippen molar-refractivity contribution in [2.45, 2.75) is 6.92 Å². The number of hydrogen-bond acceptors (Lipinski definition) is 2. The van der Waals surface area contributed by atoms with Gasteiger partial charge in [0, 0.05) is 16.7 Å². The Balaban J connectivity index is 2.31. The lowest BCUT2D eigenvalue weighted by Gasteiger charge is -1.99. The van der Waals surface area contributed by atoms with Crippen LogP contribution < -0.4 is 4.74 Å². The van der Waals surface area contributed by atoms with E-state index in [-0.39, 0.29) is 5.78 Å². The van der Waals surface area contributed by atoms with Gasteiger partial charge in [-0.25, -0.2) is 0 Å². The Hall–Kier alpha value is -2.53. The summed E-state index contributed by atoms with van der Waals surface area (Å²) in [5.74, 6) is 6.91. The van der Waals surface area contributed by atoms with Crippen LogP contribution in [0.15, 0.2) is 48.5 Å². The molecule has 2 aromatic carbocycles. The van der Waals surface area contributed by atoms with E-state index < -0.39 is 0 Å². The van der Waals surface area contributed by atoms with Gasteiger partial charge in [0.25, 0.3) is 0 Å². The third kappa shape index (κ3) is 3.23. The van der Waals surface area contributed by atoms with Crippen molar-refractivity contribution >= 4 is 5.78 Å². The average molecular weight is 250 g/mol. The van der Waals surface area contributed by atoms with Gasteiger partial charge in [0.1, 0.15) is 5.75 Å². The van der Waals surface area contributed by atoms with E-state index in [0.29, 0.717) is 5.56 Å². The lowest BCUT2D eigenvalue weighted by atomic mass is 10.0. The fourth-order valence-electron chi connectivity index (χ4n) is 1.71. The molecule has 2 heteroatoms. The Morgan fingerprint density at radius 1 is 1.00 bits per heavy atom. The SMILES string of the molecule is COc1ccc(C#Cc2ccccc2C(C)=O)cc1. The molecule has 0 unspecified atom stereocenters. The van der Waals surface area contributed by atoms with E-state index in [9.17, 15) is 4.79 Å². The summed E-state index contributed by atoms with van der Waals surface area (Å²) in [6, 6.07) is 14.9. The molecular weight excluding hydrogens is 236 g/mol. The summed E-state index contributed by atoms with van der Waals surface area (Å²) in [5.41, 5.74) is 2.30. The molecule has 0 saturated heterocycles. The Labute approximate surface area is 113 Å². The van der Waals surface area contributed by atoms with Gasteiger partial charge in [0.15, 0.2) is 5.78 Å². The number of carbonyl (C=O) groups excluding carboxylic acids is 1. The number of benzene rings is 2. The largest absolute Gasteiger partial charge is 0.497 e. The van der Waals surface area contributed by atoms with E-state index >= 15 is 0 Å². The topological polar surface area (TPSA) is 26.3 Å². The molecule has 2 aromatic rings. The molecule has 0 saturated carbocycles. The van der Waals surface area contributed by atoms with Crippen LogP contribution in [-0.4, -0.2) is 12.9 Å². The fraction of sp³-hybridized carbons (Fsp3) is 0.118. The molecule has 0 radical (unpaired) electrons. The summed E-state index contributed by atoms with van der Waals surface area (Å²) in [6.07, 6.45) is 0. The van der Waals surface area contributed by atoms with E-state index in [0.717, 1.165) is 16.9 Å². The fourth-order valence-corrected chi connectivity index (χ4v) is 1.71. The van der Waals surface area contributed by atoms with Gasteiger partial charge in [-0.2, -0.15) is 0 Å². The van der Waals surface area contributed by atoms with Crippen molar-refractivity contribution < 1.29 is 9.53 Å². The molecule has 2 nitrogen and oxygen atoms in total. The van der Waals surface area contributed by atoms with Crippen LogP contribution in [0, 0.1) is 11.8 Å². The molecule has 0 aliphatic carbocycles. The summed E-state index contributed by atoms with van der Waals surface area (Å²) < 4.78 is 5.09. The maximum atomic E-state index is 11.5. The van der Waals surface area contributed by atoms with Crippen molar-refractivity contribution in [1.82, 2.24) is 0 Å². The Morgan fingerprint density at radius 3 is 2.32 bits per heavy atom. The van der Waals surface area contributed by atoms with Crippen LogP contribution in [0.3, 0.4) is 0 Å². The molecule has 0 amide bonds.